The molecule has 0 saturated carbocycles. The molecule has 2 aromatic heterocycles. The third-order valence-electron chi connectivity index (χ3n) is 2.04. The van der Waals surface area contributed by atoms with Gasteiger partial charge in [-0.25, -0.2) is 4.98 Å². The lowest BCUT2D eigenvalue weighted by molar-refractivity contribution is 0.429. The first-order valence-corrected chi connectivity index (χ1v) is 5.44. The Morgan fingerprint density at radius 1 is 1.64 bits per heavy atom. The summed E-state index contributed by atoms with van der Waals surface area (Å²) in [6.07, 6.45) is 1.69. The maximum Gasteiger partial charge on any atom is 0.120 e. The van der Waals surface area contributed by atoms with E-state index in [1.807, 2.05) is 23.0 Å². The van der Waals surface area contributed by atoms with Crippen LogP contribution in [0.25, 0.3) is 0 Å². The molecule has 0 aliphatic heterocycles. The highest BCUT2D eigenvalue weighted by Gasteiger charge is 2.07. The van der Waals surface area contributed by atoms with Crippen molar-refractivity contribution in [1.82, 2.24) is 10.3 Å². The molecule has 0 aliphatic carbocycles. The van der Waals surface area contributed by atoms with Gasteiger partial charge in [0.2, 0.25) is 0 Å². The van der Waals surface area contributed by atoms with Crippen LogP contribution >= 0.6 is 11.3 Å². The summed E-state index contributed by atoms with van der Waals surface area (Å²) in [5.41, 5.74) is 2.92. The van der Waals surface area contributed by atoms with Crippen LogP contribution in [0.1, 0.15) is 24.4 Å². The van der Waals surface area contributed by atoms with Gasteiger partial charge in [0.15, 0.2) is 0 Å². The number of nitrogens with zero attached hydrogens (tertiary/aromatic N) is 1. The van der Waals surface area contributed by atoms with E-state index in [1.54, 1.807) is 17.6 Å². The van der Waals surface area contributed by atoms with E-state index < -0.39 is 0 Å². The number of nitrogens with one attached hydrogen (secondary N) is 1. The van der Waals surface area contributed by atoms with Gasteiger partial charge in [-0.05, 0) is 19.1 Å². The zero-order valence-electron chi connectivity index (χ0n) is 7.93. The van der Waals surface area contributed by atoms with Gasteiger partial charge in [-0.1, -0.05) is 0 Å². The molecule has 0 saturated heterocycles. The second-order valence-electron chi connectivity index (χ2n) is 3.10. The SMILES string of the molecule is CC(NCc1cscn1)c1ccco1. The zero-order valence-corrected chi connectivity index (χ0v) is 8.75. The van der Waals surface area contributed by atoms with Crippen LogP contribution in [0.2, 0.25) is 0 Å². The molecule has 1 unspecified atom stereocenters. The Kier molecular flexibility index (Phi) is 2.96. The van der Waals surface area contributed by atoms with Gasteiger partial charge in [0, 0.05) is 11.9 Å². The molecule has 0 radical (unpaired) electrons. The van der Waals surface area contributed by atoms with E-state index in [9.17, 15) is 0 Å². The Bertz CT molecular complexity index is 355. The first-order valence-electron chi connectivity index (χ1n) is 4.50. The predicted molar refractivity (Wildman–Crippen MR) is 56.1 cm³/mol. The molecule has 0 fully saturated rings. The minimum absolute atomic E-state index is 0.228. The second kappa shape index (κ2) is 4.39. The molecule has 2 aromatic rings. The van der Waals surface area contributed by atoms with Crippen LogP contribution in [0.15, 0.2) is 33.7 Å². The highest BCUT2D eigenvalue weighted by molar-refractivity contribution is 7.07. The van der Waals surface area contributed by atoms with Gasteiger partial charge in [-0.15, -0.1) is 11.3 Å². The molecule has 2 heterocycles. The monoisotopic (exact) mass is 208 g/mol. The average molecular weight is 208 g/mol. The fourth-order valence-electron chi connectivity index (χ4n) is 1.22. The molecule has 0 amide bonds. The lowest BCUT2D eigenvalue weighted by Gasteiger charge is -2.09. The normalized spacial score (nSPS) is 12.9. The van der Waals surface area contributed by atoms with E-state index in [4.69, 9.17) is 4.42 Å². The Labute approximate surface area is 86.8 Å². The van der Waals surface area contributed by atoms with Crippen LogP contribution in [-0.2, 0) is 6.54 Å². The summed E-state index contributed by atoms with van der Waals surface area (Å²) >= 11 is 1.61. The summed E-state index contributed by atoms with van der Waals surface area (Å²) < 4.78 is 5.28. The van der Waals surface area contributed by atoms with Gasteiger partial charge >= 0.3 is 0 Å². The van der Waals surface area contributed by atoms with Gasteiger partial charge in [0.05, 0.1) is 23.5 Å². The molecule has 0 spiro atoms. The van der Waals surface area contributed by atoms with Crippen molar-refractivity contribution >= 4 is 11.3 Å². The Hall–Kier alpha value is -1.13. The van der Waals surface area contributed by atoms with Crippen molar-refractivity contribution in [3.05, 3.63) is 40.7 Å². The van der Waals surface area contributed by atoms with Crippen LogP contribution in [0, 0.1) is 0 Å². The van der Waals surface area contributed by atoms with Crippen molar-refractivity contribution in [2.75, 3.05) is 0 Å². The fourth-order valence-corrected chi connectivity index (χ4v) is 1.78. The van der Waals surface area contributed by atoms with Crippen LogP contribution in [-0.4, -0.2) is 4.98 Å². The van der Waals surface area contributed by atoms with E-state index in [-0.39, 0.29) is 6.04 Å². The Morgan fingerprint density at radius 2 is 2.57 bits per heavy atom. The molecule has 0 aromatic carbocycles. The third kappa shape index (κ3) is 2.21. The second-order valence-corrected chi connectivity index (χ2v) is 3.82. The van der Waals surface area contributed by atoms with E-state index in [2.05, 4.69) is 17.2 Å². The molecule has 0 bridgehead atoms. The zero-order chi connectivity index (χ0) is 9.80. The maximum atomic E-state index is 5.28. The number of thiazole rings is 1. The van der Waals surface area contributed by atoms with Crippen molar-refractivity contribution in [3.8, 4) is 0 Å². The molecule has 3 nitrogen and oxygen atoms in total. The van der Waals surface area contributed by atoms with Gasteiger partial charge in [-0.2, -0.15) is 0 Å². The lowest BCUT2D eigenvalue weighted by Crippen LogP contribution is -2.17. The van der Waals surface area contributed by atoms with Gasteiger partial charge in [-0.3, -0.25) is 0 Å². The van der Waals surface area contributed by atoms with E-state index in [0.29, 0.717) is 0 Å². The lowest BCUT2D eigenvalue weighted by atomic mass is 10.2. The number of rotatable bonds is 4. The summed E-state index contributed by atoms with van der Waals surface area (Å²) in [5.74, 6) is 0.959. The number of hydrogen-bond donors (Lipinski definition) is 1. The Balaban J connectivity index is 1.87. The number of furan rings is 1. The van der Waals surface area contributed by atoms with Crippen molar-refractivity contribution in [1.29, 1.82) is 0 Å². The first kappa shape index (κ1) is 9.43. The molecule has 1 N–H and O–H groups in total. The van der Waals surface area contributed by atoms with Crippen molar-refractivity contribution < 1.29 is 4.42 Å². The highest BCUT2D eigenvalue weighted by Crippen LogP contribution is 2.12. The first-order chi connectivity index (χ1) is 6.86. The number of hydrogen-bond acceptors (Lipinski definition) is 4. The Morgan fingerprint density at radius 3 is 3.21 bits per heavy atom. The minimum atomic E-state index is 0.228. The standard InChI is InChI=1S/C10H12N2OS/c1-8(10-3-2-4-13-10)11-5-9-6-14-7-12-9/h2-4,6-8,11H,5H2,1H3. The largest absolute Gasteiger partial charge is 0.468 e. The molecule has 14 heavy (non-hydrogen) atoms. The maximum absolute atomic E-state index is 5.28. The molecule has 2 rings (SSSR count). The molecule has 1 atom stereocenters. The number of aromatic nitrogens is 1. The topological polar surface area (TPSA) is 38.1 Å². The summed E-state index contributed by atoms with van der Waals surface area (Å²) in [5, 5.41) is 5.38. The van der Waals surface area contributed by atoms with E-state index >= 15 is 0 Å². The smallest absolute Gasteiger partial charge is 0.120 e. The molecule has 4 heteroatoms. The van der Waals surface area contributed by atoms with E-state index in [1.165, 1.54) is 0 Å². The van der Waals surface area contributed by atoms with Gasteiger partial charge in [0.25, 0.3) is 0 Å². The van der Waals surface area contributed by atoms with Crippen molar-refractivity contribution in [2.24, 2.45) is 0 Å². The van der Waals surface area contributed by atoms with Crippen LogP contribution in [0.3, 0.4) is 0 Å². The van der Waals surface area contributed by atoms with Crippen LogP contribution in [0.5, 0.6) is 0 Å². The third-order valence-corrected chi connectivity index (χ3v) is 2.68. The van der Waals surface area contributed by atoms with Crippen LogP contribution < -0.4 is 5.32 Å². The fraction of sp³-hybridized carbons (Fsp3) is 0.300. The summed E-state index contributed by atoms with van der Waals surface area (Å²) in [7, 11) is 0. The highest BCUT2D eigenvalue weighted by atomic mass is 32.1. The molecule has 0 aliphatic rings. The predicted octanol–water partition coefficient (Wildman–Crippen LogP) is 2.59. The van der Waals surface area contributed by atoms with Gasteiger partial charge < -0.3 is 9.73 Å². The molecular weight excluding hydrogens is 196 g/mol. The quantitative estimate of drug-likeness (QED) is 0.839. The summed E-state index contributed by atoms with van der Waals surface area (Å²) in [4.78, 5) is 4.19. The average Bonchev–Trinajstić information content (AvgIpc) is 2.87. The molecule has 74 valence electrons. The summed E-state index contributed by atoms with van der Waals surface area (Å²) in [6, 6.07) is 4.10. The minimum Gasteiger partial charge on any atom is -0.468 e. The molecular formula is C10H12N2OS. The summed E-state index contributed by atoms with van der Waals surface area (Å²) in [6.45, 7) is 2.86. The van der Waals surface area contributed by atoms with E-state index in [0.717, 1.165) is 18.0 Å². The van der Waals surface area contributed by atoms with Gasteiger partial charge in [0.1, 0.15) is 5.76 Å². The van der Waals surface area contributed by atoms with Crippen LogP contribution in [0.4, 0.5) is 0 Å². The van der Waals surface area contributed by atoms with Crippen molar-refractivity contribution in [3.63, 3.8) is 0 Å². The van der Waals surface area contributed by atoms with Crippen molar-refractivity contribution in [2.45, 2.75) is 19.5 Å².